The second-order valence-corrected chi connectivity index (χ2v) is 5.63. The minimum atomic E-state index is -0.0118. The van der Waals surface area contributed by atoms with Crippen LogP contribution in [0, 0.1) is 0 Å². The van der Waals surface area contributed by atoms with Crippen LogP contribution in [0.15, 0.2) is 18.2 Å². The molecule has 1 saturated heterocycles. The second-order valence-electron chi connectivity index (χ2n) is 5.63. The van der Waals surface area contributed by atoms with Crippen molar-refractivity contribution < 1.29 is 9.47 Å². The number of rotatable bonds is 2. The van der Waals surface area contributed by atoms with Crippen LogP contribution in [0.3, 0.4) is 0 Å². The SMILES string of the molecule is COc1cccc2c1C(N1CCN(C)CC1)C(N)CO2. The summed E-state index contributed by atoms with van der Waals surface area (Å²) in [6.45, 7) is 4.79. The molecule has 0 amide bonds. The van der Waals surface area contributed by atoms with E-state index in [1.54, 1.807) is 7.11 Å². The van der Waals surface area contributed by atoms with Crippen LogP contribution in [0.5, 0.6) is 11.5 Å². The molecular weight excluding hydrogens is 254 g/mol. The highest BCUT2D eigenvalue weighted by atomic mass is 16.5. The molecule has 0 saturated carbocycles. The fraction of sp³-hybridized carbons (Fsp3) is 0.600. The predicted octanol–water partition coefficient (Wildman–Crippen LogP) is 0.703. The van der Waals surface area contributed by atoms with Gasteiger partial charge >= 0.3 is 0 Å². The lowest BCUT2D eigenvalue weighted by atomic mass is 9.93. The minimum Gasteiger partial charge on any atom is -0.496 e. The van der Waals surface area contributed by atoms with Crippen molar-refractivity contribution in [3.05, 3.63) is 23.8 Å². The van der Waals surface area contributed by atoms with E-state index in [1.807, 2.05) is 18.2 Å². The lowest BCUT2D eigenvalue weighted by molar-refractivity contribution is 0.0706. The Balaban J connectivity index is 1.95. The Kier molecular flexibility index (Phi) is 3.83. The van der Waals surface area contributed by atoms with Crippen molar-refractivity contribution in [3.8, 4) is 11.5 Å². The van der Waals surface area contributed by atoms with Crippen LogP contribution in [0.25, 0.3) is 0 Å². The van der Waals surface area contributed by atoms with Gasteiger partial charge in [0.25, 0.3) is 0 Å². The average molecular weight is 277 g/mol. The van der Waals surface area contributed by atoms with Gasteiger partial charge in [-0.05, 0) is 19.2 Å². The second kappa shape index (κ2) is 5.60. The van der Waals surface area contributed by atoms with Crippen molar-refractivity contribution in [3.63, 3.8) is 0 Å². The van der Waals surface area contributed by atoms with Crippen LogP contribution in [-0.4, -0.2) is 62.8 Å². The molecule has 1 aromatic carbocycles. The number of piperazine rings is 1. The van der Waals surface area contributed by atoms with E-state index < -0.39 is 0 Å². The summed E-state index contributed by atoms with van der Waals surface area (Å²) in [4.78, 5) is 4.82. The third-order valence-corrected chi connectivity index (χ3v) is 4.31. The van der Waals surface area contributed by atoms with E-state index in [0.717, 1.165) is 43.2 Å². The lowest BCUT2D eigenvalue weighted by Gasteiger charge is -2.43. The molecule has 2 aliphatic rings. The number of nitrogens with two attached hydrogens (primary N) is 1. The van der Waals surface area contributed by atoms with Gasteiger partial charge in [-0.3, -0.25) is 4.90 Å². The van der Waals surface area contributed by atoms with Crippen LogP contribution < -0.4 is 15.2 Å². The van der Waals surface area contributed by atoms with Crippen molar-refractivity contribution in [2.45, 2.75) is 12.1 Å². The van der Waals surface area contributed by atoms with Gasteiger partial charge in [0.05, 0.1) is 24.8 Å². The fourth-order valence-electron chi connectivity index (χ4n) is 3.16. The predicted molar refractivity (Wildman–Crippen MR) is 78.3 cm³/mol. The molecule has 0 aliphatic carbocycles. The third-order valence-electron chi connectivity index (χ3n) is 4.31. The Bertz CT molecular complexity index is 458. The van der Waals surface area contributed by atoms with Gasteiger partial charge in [-0.25, -0.2) is 0 Å². The van der Waals surface area contributed by atoms with Crippen LogP contribution in [-0.2, 0) is 0 Å². The van der Waals surface area contributed by atoms with Gasteiger partial charge in [-0.2, -0.15) is 0 Å². The normalized spacial score (nSPS) is 27.8. The molecule has 2 unspecified atom stereocenters. The number of methoxy groups -OCH3 is 1. The van der Waals surface area contributed by atoms with E-state index >= 15 is 0 Å². The number of benzene rings is 1. The number of hydrogen-bond acceptors (Lipinski definition) is 5. The molecule has 1 fully saturated rings. The Morgan fingerprint density at radius 1 is 1.25 bits per heavy atom. The Morgan fingerprint density at radius 2 is 2.00 bits per heavy atom. The van der Waals surface area contributed by atoms with Crippen molar-refractivity contribution in [1.82, 2.24) is 9.80 Å². The summed E-state index contributed by atoms with van der Waals surface area (Å²) in [5.41, 5.74) is 7.46. The summed E-state index contributed by atoms with van der Waals surface area (Å²) in [5, 5.41) is 0. The maximum Gasteiger partial charge on any atom is 0.127 e. The molecule has 2 heterocycles. The Morgan fingerprint density at radius 3 is 2.70 bits per heavy atom. The van der Waals surface area contributed by atoms with Crippen molar-refractivity contribution in [2.24, 2.45) is 5.73 Å². The number of ether oxygens (including phenoxy) is 2. The molecule has 2 atom stereocenters. The molecule has 0 aromatic heterocycles. The van der Waals surface area contributed by atoms with E-state index in [4.69, 9.17) is 15.2 Å². The van der Waals surface area contributed by atoms with Gasteiger partial charge in [0.2, 0.25) is 0 Å². The summed E-state index contributed by atoms with van der Waals surface area (Å²) in [6, 6.07) is 6.14. The van der Waals surface area contributed by atoms with E-state index in [0.29, 0.717) is 6.61 Å². The van der Waals surface area contributed by atoms with Gasteiger partial charge in [0.15, 0.2) is 0 Å². The van der Waals surface area contributed by atoms with Crippen molar-refractivity contribution in [1.29, 1.82) is 0 Å². The van der Waals surface area contributed by atoms with Crippen molar-refractivity contribution >= 4 is 0 Å². The first kappa shape index (κ1) is 13.7. The largest absolute Gasteiger partial charge is 0.496 e. The molecular formula is C15H23N3O2. The van der Waals surface area contributed by atoms with Crippen LogP contribution in [0.2, 0.25) is 0 Å². The molecule has 0 bridgehead atoms. The topological polar surface area (TPSA) is 51.0 Å². The smallest absolute Gasteiger partial charge is 0.127 e. The number of fused-ring (bicyclic) bond motifs is 1. The molecule has 20 heavy (non-hydrogen) atoms. The molecule has 3 rings (SSSR count). The molecule has 5 heteroatoms. The van der Waals surface area contributed by atoms with Gasteiger partial charge < -0.3 is 20.1 Å². The van der Waals surface area contributed by atoms with E-state index in [9.17, 15) is 0 Å². The molecule has 110 valence electrons. The molecule has 0 radical (unpaired) electrons. The lowest BCUT2D eigenvalue weighted by Crippen LogP contribution is -2.53. The average Bonchev–Trinajstić information content (AvgIpc) is 2.48. The van der Waals surface area contributed by atoms with Crippen LogP contribution >= 0.6 is 0 Å². The summed E-state index contributed by atoms with van der Waals surface area (Å²) >= 11 is 0. The van der Waals surface area contributed by atoms with Crippen molar-refractivity contribution in [2.75, 3.05) is 46.9 Å². The first-order valence-electron chi connectivity index (χ1n) is 7.18. The van der Waals surface area contributed by atoms with Gasteiger partial charge in [-0.1, -0.05) is 6.07 Å². The van der Waals surface area contributed by atoms with E-state index in [-0.39, 0.29) is 12.1 Å². The van der Waals surface area contributed by atoms with Gasteiger partial charge in [0, 0.05) is 26.2 Å². The summed E-state index contributed by atoms with van der Waals surface area (Å²) < 4.78 is 11.3. The zero-order valence-corrected chi connectivity index (χ0v) is 12.2. The molecule has 2 aliphatic heterocycles. The highest BCUT2D eigenvalue weighted by Crippen LogP contribution is 2.41. The first-order valence-corrected chi connectivity index (χ1v) is 7.18. The fourth-order valence-corrected chi connectivity index (χ4v) is 3.16. The first-order chi connectivity index (χ1) is 9.70. The molecule has 2 N–H and O–H groups in total. The van der Waals surface area contributed by atoms with Gasteiger partial charge in [0.1, 0.15) is 18.1 Å². The molecule has 0 spiro atoms. The van der Waals surface area contributed by atoms with E-state index in [1.165, 1.54) is 0 Å². The molecule has 1 aromatic rings. The standard InChI is InChI=1S/C15H23N3O2/c1-17-6-8-18(9-7-17)15-11(16)10-20-13-5-3-4-12(19-2)14(13)15/h3-5,11,15H,6-10,16H2,1-2H3. The van der Waals surface area contributed by atoms with E-state index in [2.05, 4.69) is 16.8 Å². The third kappa shape index (κ3) is 2.37. The quantitative estimate of drug-likeness (QED) is 0.862. The van der Waals surface area contributed by atoms with Gasteiger partial charge in [-0.15, -0.1) is 0 Å². The zero-order chi connectivity index (χ0) is 14.1. The summed E-state index contributed by atoms with van der Waals surface area (Å²) in [6.07, 6.45) is 0. The maximum absolute atomic E-state index is 6.35. The maximum atomic E-state index is 6.35. The summed E-state index contributed by atoms with van der Waals surface area (Å²) in [5.74, 6) is 1.79. The monoisotopic (exact) mass is 277 g/mol. The Hall–Kier alpha value is -1.30. The highest BCUT2D eigenvalue weighted by Gasteiger charge is 2.36. The summed E-state index contributed by atoms with van der Waals surface area (Å²) in [7, 11) is 3.87. The molecule has 5 nitrogen and oxygen atoms in total. The number of nitrogens with zero attached hydrogens (tertiary/aromatic N) is 2. The van der Waals surface area contributed by atoms with Crippen LogP contribution in [0.1, 0.15) is 11.6 Å². The number of hydrogen-bond donors (Lipinski definition) is 1. The Labute approximate surface area is 120 Å². The minimum absolute atomic E-state index is 0.0118. The number of likely N-dealkylation sites (N-methyl/N-ethyl adjacent to an activating group) is 1. The van der Waals surface area contributed by atoms with Crippen LogP contribution in [0.4, 0.5) is 0 Å². The highest BCUT2D eigenvalue weighted by molar-refractivity contribution is 5.49. The zero-order valence-electron chi connectivity index (χ0n) is 12.2.